The van der Waals surface area contributed by atoms with Gasteiger partial charge in [-0.05, 0) is 104 Å². The smallest absolute Gasteiger partial charge is 0.0701 e. The minimum atomic E-state index is 0.651. The van der Waals surface area contributed by atoms with Crippen LogP contribution >= 0.6 is 0 Å². The fraction of sp³-hybridized carbons (Fsp3) is 1.00. The van der Waals surface area contributed by atoms with Gasteiger partial charge in [-0.3, -0.25) is 29.4 Å². The van der Waals surface area contributed by atoms with Crippen molar-refractivity contribution in [3.63, 3.8) is 0 Å². The summed E-state index contributed by atoms with van der Waals surface area (Å²) in [5.74, 6) is 0. The topological polar surface area (TPSA) is 137 Å². The van der Waals surface area contributed by atoms with Crippen molar-refractivity contribution in [1.82, 2.24) is 39.2 Å². The SMILES string of the molecule is CCCCCCCCCCCCN(CCCCCCCCCCCC)CCN1CCOCCOCCN(CCCCCCCCCCCCN2CCOCCOCCN(CCCCCCCCCCCCN3CCOCCOCCN(CCN(CCCCCCCCCCCC)CCCCCCCCCCCC)CCOCCOCC3)CCOCCOCC2)CCOCCOCC1. The van der Waals surface area contributed by atoms with Gasteiger partial charge >= 0.3 is 0 Å². The van der Waals surface area contributed by atoms with Gasteiger partial charge in [0, 0.05) is 105 Å². The van der Waals surface area contributed by atoms with Crippen LogP contribution in [0.5, 0.6) is 0 Å². The van der Waals surface area contributed by atoms with Gasteiger partial charge in [0.2, 0.25) is 0 Å². The van der Waals surface area contributed by atoms with Crippen molar-refractivity contribution in [3.8, 4) is 0 Å². The van der Waals surface area contributed by atoms with Crippen molar-refractivity contribution in [2.45, 2.75) is 413 Å². The van der Waals surface area contributed by atoms with Crippen molar-refractivity contribution in [2.24, 2.45) is 0 Å². The molecule has 0 aromatic carbocycles. The first-order valence-corrected chi connectivity index (χ1v) is 58.3. The summed E-state index contributed by atoms with van der Waals surface area (Å²) < 4.78 is 74.0. The van der Waals surface area contributed by atoms with E-state index in [1.165, 1.54) is 411 Å². The third kappa shape index (κ3) is 90.5. The number of nitrogens with zero attached hydrogens (tertiary/aromatic N) is 8. The van der Waals surface area contributed by atoms with E-state index in [4.69, 9.17) is 56.8 Å². The molecule has 0 atom stereocenters. The maximum absolute atomic E-state index is 6.20. The molecule has 3 aliphatic heterocycles. The highest BCUT2D eigenvalue weighted by atomic mass is 16.5. The number of rotatable bonds is 76. The zero-order valence-electron chi connectivity index (χ0n) is 88.8. The number of hydrogen-bond acceptors (Lipinski definition) is 20. The van der Waals surface area contributed by atoms with Gasteiger partial charge in [-0.2, -0.15) is 0 Å². The van der Waals surface area contributed by atoms with Gasteiger partial charge in [-0.25, -0.2) is 0 Å². The second-order valence-corrected chi connectivity index (χ2v) is 39.9. The summed E-state index contributed by atoms with van der Waals surface area (Å²) in [6.45, 7) is 51.1. The number of ether oxygens (including phenoxy) is 12. The van der Waals surface area contributed by atoms with Crippen LogP contribution in [0.25, 0.3) is 0 Å². The van der Waals surface area contributed by atoms with Crippen molar-refractivity contribution in [1.29, 1.82) is 0 Å². The standard InChI is InChI=1S/C112H228N8O12/c1-5-9-13-17-21-25-33-41-49-57-65-113(66-58-50-42-34-26-22-18-14-10-6-2)73-75-119-85-97-129-109-105-125-93-81-117(82-94-126-106-110-130-98-86-119)71-63-55-47-39-31-29-37-45-53-61-69-115-77-89-121-101-103-123-91-79-116(80-92-124-104-102-122-90-78-115)70-62-54-46-38-30-32-40-48-56-64-72-118-83-95-127-107-111-131-99-87-120(88-100-132-112-108-128-96-84-118)76-74-114(67-59-51-43-35-27-23-19-15-11-7-3)68-60-52-44-36-28-24-20-16-12-8-4/h5-112H2,1-4H3. The lowest BCUT2D eigenvalue weighted by Crippen LogP contribution is -2.39. The maximum Gasteiger partial charge on any atom is 0.0701 e. The molecule has 788 valence electrons. The molecule has 3 heterocycles. The molecule has 0 N–H and O–H groups in total. The largest absolute Gasteiger partial charge is 0.378 e. The van der Waals surface area contributed by atoms with E-state index < -0.39 is 0 Å². The first-order chi connectivity index (χ1) is 65.6. The minimum absolute atomic E-state index is 0.651. The van der Waals surface area contributed by atoms with Crippen LogP contribution in [0, 0.1) is 0 Å². The van der Waals surface area contributed by atoms with Crippen LogP contribution in [-0.4, -0.2) is 355 Å². The minimum Gasteiger partial charge on any atom is -0.378 e. The summed E-state index contributed by atoms with van der Waals surface area (Å²) in [7, 11) is 0. The molecule has 0 unspecified atom stereocenters. The van der Waals surface area contributed by atoms with Gasteiger partial charge in [0.15, 0.2) is 0 Å². The molecular formula is C112H228N8O12. The summed E-state index contributed by atoms with van der Waals surface area (Å²) in [5.41, 5.74) is 0. The summed E-state index contributed by atoms with van der Waals surface area (Å²) in [6, 6.07) is 0. The Bertz CT molecular complexity index is 1910. The summed E-state index contributed by atoms with van der Waals surface area (Å²) >= 11 is 0. The predicted octanol–water partition coefficient (Wildman–Crippen LogP) is 24.1. The lowest BCUT2D eigenvalue weighted by molar-refractivity contribution is 0.00697. The number of hydrogen-bond donors (Lipinski definition) is 0. The Balaban J connectivity index is 1.18. The van der Waals surface area contributed by atoms with Crippen molar-refractivity contribution < 1.29 is 56.8 Å². The molecule has 0 spiro atoms. The molecule has 0 aromatic rings. The van der Waals surface area contributed by atoms with Gasteiger partial charge in [-0.15, -0.1) is 0 Å². The quantitative estimate of drug-likeness (QED) is 0.0534. The highest BCUT2D eigenvalue weighted by Gasteiger charge is 2.17. The van der Waals surface area contributed by atoms with Gasteiger partial charge in [0.1, 0.15) is 0 Å². The van der Waals surface area contributed by atoms with Crippen LogP contribution in [0.15, 0.2) is 0 Å². The first kappa shape index (κ1) is 125. The van der Waals surface area contributed by atoms with E-state index in [0.29, 0.717) is 79.3 Å². The molecule has 0 aliphatic carbocycles. The van der Waals surface area contributed by atoms with Gasteiger partial charge in [0.05, 0.1) is 159 Å². The number of unbranched alkanes of at least 4 members (excludes halogenated alkanes) is 54. The fourth-order valence-corrected chi connectivity index (χ4v) is 19.0. The van der Waals surface area contributed by atoms with E-state index in [9.17, 15) is 0 Å². The van der Waals surface area contributed by atoms with Gasteiger partial charge in [0.25, 0.3) is 0 Å². The van der Waals surface area contributed by atoms with Crippen LogP contribution in [-0.2, 0) is 56.8 Å². The van der Waals surface area contributed by atoms with E-state index >= 15 is 0 Å². The fourth-order valence-electron chi connectivity index (χ4n) is 19.0. The Morgan fingerprint density at radius 1 is 0.121 bits per heavy atom. The van der Waals surface area contributed by atoms with E-state index in [1.54, 1.807) is 0 Å². The average Bonchev–Trinajstić information content (AvgIpc) is 0.962. The van der Waals surface area contributed by atoms with Crippen LogP contribution in [0.1, 0.15) is 413 Å². The predicted molar refractivity (Wildman–Crippen MR) is 561 cm³/mol. The monoisotopic (exact) mass is 1880 g/mol. The van der Waals surface area contributed by atoms with E-state index in [-0.39, 0.29) is 0 Å². The normalized spacial score (nSPS) is 18.2. The Morgan fingerprint density at radius 2 is 0.235 bits per heavy atom. The molecule has 0 radical (unpaired) electrons. The molecule has 0 aromatic heterocycles. The molecule has 3 saturated heterocycles. The summed E-state index contributed by atoms with van der Waals surface area (Å²) in [4.78, 5) is 20.9. The van der Waals surface area contributed by atoms with Crippen LogP contribution < -0.4 is 0 Å². The molecule has 0 amide bonds. The highest BCUT2D eigenvalue weighted by molar-refractivity contribution is 4.71. The Morgan fingerprint density at radius 3 is 0.371 bits per heavy atom. The van der Waals surface area contributed by atoms with Crippen LogP contribution in [0.2, 0.25) is 0 Å². The second-order valence-electron chi connectivity index (χ2n) is 39.9. The second kappa shape index (κ2) is 106. The van der Waals surface area contributed by atoms with E-state index in [1.807, 2.05) is 0 Å². The molecule has 132 heavy (non-hydrogen) atoms. The zero-order chi connectivity index (χ0) is 93.5. The molecule has 3 rings (SSSR count). The molecule has 3 aliphatic rings. The van der Waals surface area contributed by atoms with Gasteiger partial charge < -0.3 is 66.6 Å². The first-order valence-electron chi connectivity index (χ1n) is 58.3. The lowest BCUT2D eigenvalue weighted by Gasteiger charge is -2.28. The average molecular weight is 1880 g/mol. The van der Waals surface area contributed by atoms with Crippen LogP contribution in [0.3, 0.4) is 0 Å². The molecule has 0 saturated carbocycles. The van der Waals surface area contributed by atoms with Crippen molar-refractivity contribution in [2.75, 3.05) is 316 Å². The molecule has 20 nitrogen and oxygen atoms in total. The lowest BCUT2D eigenvalue weighted by atomic mass is 10.1. The summed E-state index contributed by atoms with van der Waals surface area (Å²) in [6.07, 6.45) is 82.0. The summed E-state index contributed by atoms with van der Waals surface area (Å²) in [5, 5.41) is 0. The highest BCUT2D eigenvalue weighted by Crippen LogP contribution is 2.20. The van der Waals surface area contributed by atoms with Crippen molar-refractivity contribution >= 4 is 0 Å². The molecule has 3 fully saturated rings. The molecule has 0 bridgehead atoms. The zero-order valence-corrected chi connectivity index (χ0v) is 88.8. The molecule has 20 heteroatoms. The Labute approximate surface area is 820 Å². The van der Waals surface area contributed by atoms with Gasteiger partial charge in [-0.1, -0.05) is 362 Å². The van der Waals surface area contributed by atoms with E-state index in [0.717, 1.165) is 210 Å². The van der Waals surface area contributed by atoms with E-state index in [2.05, 4.69) is 66.9 Å². The Hall–Kier alpha value is -0.800. The van der Waals surface area contributed by atoms with Crippen LogP contribution in [0.4, 0.5) is 0 Å². The third-order valence-electron chi connectivity index (χ3n) is 28.0. The van der Waals surface area contributed by atoms with Crippen molar-refractivity contribution in [3.05, 3.63) is 0 Å². The maximum atomic E-state index is 6.20. The Kier molecular flexibility index (Phi) is 101. The third-order valence-corrected chi connectivity index (χ3v) is 28.0. The molecular weight excluding hydrogens is 1650 g/mol.